The number of benzene rings is 2. The lowest BCUT2D eigenvalue weighted by molar-refractivity contribution is 0.171. The first kappa shape index (κ1) is 13.6. The van der Waals surface area contributed by atoms with E-state index in [1.165, 1.54) is 0 Å². The molecule has 5 rings (SSSR count). The molecule has 118 valence electrons. The molecule has 0 saturated carbocycles. The fourth-order valence-corrected chi connectivity index (χ4v) is 3.61. The van der Waals surface area contributed by atoms with Crippen molar-refractivity contribution in [2.45, 2.75) is 0 Å². The summed E-state index contributed by atoms with van der Waals surface area (Å²) in [5.74, 6) is 2.36. The highest BCUT2D eigenvalue weighted by atomic mass is 32.1. The Balaban J connectivity index is 1.52. The minimum Gasteiger partial charge on any atom is -0.486 e. The Labute approximate surface area is 142 Å². The van der Waals surface area contributed by atoms with E-state index in [-0.39, 0.29) is 0 Å². The number of rotatable bonds is 2. The molecule has 0 aliphatic carbocycles. The van der Waals surface area contributed by atoms with Crippen LogP contribution in [-0.4, -0.2) is 18.2 Å². The van der Waals surface area contributed by atoms with Gasteiger partial charge in [-0.25, -0.2) is 4.98 Å². The molecule has 0 radical (unpaired) electrons. The van der Waals surface area contributed by atoms with E-state index in [1.54, 1.807) is 11.3 Å². The summed E-state index contributed by atoms with van der Waals surface area (Å²) >= 11 is 1.59. The molecule has 0 bridgehead atoms. The fourth-order valence-electron chi connectivity index (χ4n) is 2.80. The molecule has 1 aliphatic rings. The zero-order chi connectivity index (χ0) is 15.9. The number of furan rings is 1. The molecule has 0 amide bonds. The topological polar surface area (TPSA) is 44.5 Å². The van der Waals surface area contributed by atoms with Crippen LogP contribution in [0.5, 0.6) is 11.5 Å². The third-order valence-electron chi connectivity index (χ3n) is 3.97. The van der Waals surface area contributed by atoms with Crippen molar-refractivity contribution in [2.75, 3.05) is 13.2 Å². The van der Waals surface area contributed by atoms with Gasteiger partial charge in [-0.2, -0.15) is 0 Å². The number of aromatic nitrogens is 1. The number of hydrogen-bond acceptors (Lipinski definition) is 5. The molecule has 24 heavy (non-hydrogen) atoms. The third-order valence-corrected chi connectivity index (χ3v) is 4.86. The van der Waals surface area contributed by atoms with Crippen LogP contribution in [0.3, 0.4) is 0 Å². The van der Waals surface area contributed by atoms with E-state index in [9.17, 15) is 0 Å². The maximum Gasteiger partial charge on any atom is 0.162 e. The number of fused-ring (bicyclic) bond motifs is 2. The summed E-state index contributed by atoms with van der Waals surface area (Å²) in [5.41, 5.74) is 2.74. The molecule has 2 aromatic heterocycles. The van der Waals surface area contributed by atoms with Crippen LogP contribution in [0.25, 0.3) is 33.0 Å². The maximum atomic E-state index is 5.89. The first-order chi connectivity index (χ1) is 11.9. The lowest BCUT2D eigenvalue weighted by atomic mass is 10.2. The largest absolute Gasteiger partial charge is 0.486 e. The Kier molecular flexibility index (Phi) is 3.06. The van der Waals surface area contributed by atoms with Crippen molar-refractivity contribution < 1.29 is 13.9 Å². The normalized spacial score (nSPS) is 13.3. The lowest BCUT2D eigenvalue weighted by Crippen LogP contribution is -2.15. The van der Waals surface area contributed by atoms with Crippen LogP contribution in [0.4, 0.5) is 0 Å². The van der Waals surface area contributed by atoms with E-state index >= 15 is 0 Å². The van der Waals surface area contributed by atoms with Crippen molar-refractivity contribution in [3.63, 3.8) is 0 Å². The van der Waals surface area contributed by atoms with Gasteiger partial charge < -0.3 is 13.9 Å². The fraction of sp³-hybridized carbons (Fsp3) is 0.105. The molecule has 3 heterocycles. The zero-order valence-electron chi connectivity index (χ0n) is 12.7. The quantitative estimate of drug-likeness (QED) is 0.517. The highest BCUT2D eigenvalue weighted by Gasteiger charge is 2.15. The van der Waals surface area contributed by atoms with Crippen molar-refractivity contribution in [2.24, 2.45) is 0 Å². The summed E-state index contributed by atoms with van der Waals surface area (Å²) in [7, 11) is 0. The third kappa shape index (κ3) is 2.25. The molecule has 0 saturated heterocycles. The minimum absolute atomic E-state index is 0.582. The molecular weight excluding hydrogens is 322 g/mol. The van der Waals surface area contributed by atoms with E-state index in [0.717, 1.165) is 44.5 Å². The van der Waals surface area contributed by atoms with Crippen LogP contribution < -0.4 is 9.47 Å². The minimum atomic E-state index is 0.582. The highest BCUT2D eigenvalue weighted by molar-refractivity contribution is 7.13. The predicted octanol–water partition coefficient (Wildman–Crippen LogP) is 4.99. The van der Waals surface area contributed by atoms with Gasteiger partial charge in [0.2, 0.25) is 0 Å². The van der Waals surface area contributed by atoms with Crippen molar-refractivity contribution in [1.29, 1.82) is 0 Å². The smallest absolute Gasteiger partial charge is 0.162 e. The molecular formula is C19H13NO3S. The summed E-state index contributed by atoms with van der Waals surface area (Å²) in [6.45, 7) is 1.18. The lowest BCUT2D eigenvalue weighted by Gasteiger charge is -2.18. The molecule has 0 N–H and O–H groups in total. The van der Waals surface area contributed by atoms with Crippen molar-refractivity contribution in [3.8, 4) is 33.5 Å². The van der Waals surface area contributed by atoms with E-state index in [4.69, 9.17) is 18.9 Å². The number of nitrogens with zero attached hydrogens (tertiary/aromatic N) is 1. The Morgan fingerprint density at radius 2 is 1.79 bits per heavy atom. The van der Waals surface area contributed by atoms with Gasteiger partial charge in [0.05, 0.1) is 0 Å². The van der Waals surface area contributed by atoms with Gasteiger partial charge >= 0.3 is 0 Å². The average molecular weight is 335 g/mol. The van der Waals surface area contributed by atoms with Gasteiger partial charge in [-0.05, 0) is 30.3 Å². The van der Waals surface area contributed by atoms with Crippen molar-refractivity contribution in [3.05, 3.63) is 53.9 Å². The average Bonchev–Trinajstić information content (AvgIpc) is 3.28. The Bertz CT molecular complexity index is 1000. The summed E-state index contributed by atoms with van der Waals surface area (Å²) in [6, 6.07) is 15.9. The highest BCUT2D eigenvalue weighted by Crippen LogP contribution is 2.37. The molecule has 1 aliphatic heterocycles. The molecule has 5 heteroatoms. The van der Waals surface area contributed by atoms with Crippen LogP contribution in [0, 0.1) is 0 Å². The van der Waals surface area contributed by atoms with Gasteiger partial charge in [0.15, 0.2) is 17.3 Å². The van der Waals surface area contributed by atoms with E-state index in [1.807, 2.05) is 53.9 Å². The van der Waals surface area contributed by atoms with Gasteiger partial charge in [-0.15, -0.1) is 11.3 Å². The summed E-state index contributed by atoms with van der Waals surface area (Å²) in [4.78, 5) is 4.72. The molecule has 0 fully saturated rings. The SMILES string of the molecule is c1ccc2oc(-c3csc(-c4ccc5c(c4)OCCO5)n3)cc2c1. The monoisotopic (exact) mass is 335 g/mol. The maximum absolute atomic E-state index is 5.89. The van der Waals surface area contributed by atoms with Crippen molar-refractivity contribution in [1.82, 2.24) is 4.98 Å². The second-order valence-electron chi connectivity index (χ2n) is 5.54. The first-order valence-corrected chi connectivity index (χ1v) is 8.59. The Hall–Kier alpha value is -2.79. The molecule has 0 spiro atoms. The number of hydrogen-bond donors (Lipinski definition) is 0. The van der Waals surface area contributed by atoms with Gasteiger partial charge in [-0.1, -0.05) is 18.2 Å². The molecule has 0 unspecified atom stereocenters. The van der Waals surface area contributed by atoms with Gasteiger partial charge in [0, 0.05) is 16.3 Å². The summed E-state index contributed by atoms with van der Waals surface area (Å²) in [5, 5.41) is 4.04. The molecule has 4 nitrogen and oxygen atoms in total. The molecule has 0 atom stereocenters. The Morgan fingerprint density at radius 1 is 0.917 bits per heavy atom. The van der Waals surface area contributed by atoms with Gasteiger partial charge in [0.1, 0.15) is 29.5 Å². The van der Waals surface area contributed by atoms with E-state index < -0.39 is 0 Å². The zero-order valence-corrected chi connectivity index (χ0v) is 13.5. The summed E-state index contributed by atoms with van der Waals surface area (Å²) < 4.78 is 17.1. The predicted molar refractivity (Wildman–Crippen MR) is 93.7 cm³/mol. The van der Waals surface area contributed by atoms with E-state index in [0.29, 0.717) is 13.2 Å². The number of thiazole rings is 1. The van der Waals surface area contributed by atoms with Gasteiger partial charge in [-0.3, -0.25) is 0 Å². The number of ether oxygens (including phenoxy) is 2. The molecule has 2 aromatic carbocycles. The van der Waals surface area contributed by atoms with Crippen LogP contribution in [-0.2, 0) is 0 Å². The summed E-state index contributed by atoms with van der Waals surface area (Å²) in [6.07, 6.45) is 0. The van der Waals surface area contributed by atoms with E-state index in [2.05, 4.69) is 0 Å². The number of para-hydroxylation sites is 1. The second-order valence-corrected chi connectivity index (χ2v) is 6.40. The standard InChI is InChI=1S/C19H13NO3S/c1-2-4-15-12(3-1)9-17(23-15)14-11-24-19(20-14)13-5-6-16-18(10-13)22-8-7-21-16/h1-6,9-11H,7-8H2. The van der Waals surface area contributed by atoms with Crippen LogP contribution in [0.15, 0.2) is 58.3 Å². The van der Waals surface area contributed by atoms with Crippen LogP contribution >= 0.6 is 11.3 Å². The van der Waals surface area contributed by atoms with Crippen molar-refractivity contribution >= 4 is 22.3 Å². The second kappa shape index (κ2) is 5.39. The van der Waals surface area contributed by atoms with Crippen LogP contribution in [0.2, 0.25) is 0 Å². The van der Waals surface area contributed by atoms with Crippen LogP contribution in [0.1, 0.15) is 0 Å². The van der Waals surface area contributed by atoms with Gasteiger partial charge in [0.25, 0.3) is 0 Å². The first-order valence-electron chi connectivity index (χ1n) is 7.71. The Morgan fingerprint density at radius 3 is 2.71 bits per heavy atom. The molecule has 4 aromatic rings.